The third-order valence-electron chi connectivity index (χ3n) is 4.09. The SMILES string of the molecule is COc1cccc(C(=O)Nc2ccc(Nc3c(C)cccc3C)nc2)c1. The maximum atomic E-state index is 12.3. The van der Waals surface area contributed by atoms with Crippen molar-refractivity contribution < 1.29 is 9.53 Å². The number of nitrogens with zero attached hydrogens (tertiary/aromatic N) is 1. The summed E-state index contributed by atoms with van der Waals surface area (Å²) in [5.41, 5.74) is 4.52. The number of benzene rings is 2. The molecular weight excluding hydrogens is 326 g/mol. The van der Waals surface area contributed by atoms with E-state index >= 15 is 0 Å². The minimum atomic E-state index is -0.207. The zero-order valence-corrected chi connectivity index (χ0v) is 15.0. The van der Waals surface area contributed by atoms with Crippen molar-refractivity contribution in [2.24, 2.45) is 0 Å². The van der Waals surface area contributed by atoms with Gasteiger partial charge in [0, 0.05) is 11.3 Å². The van der Waals surface area contributed by atoms with E-state index in [2.05, 4.69) is 41.6 Å². The molecule has 3 aromatic rings. The molecule has 0 saturated heterocycles. The number of aromatic nitrogens is 1. The Morgan fingerprint density at radius 3 is 2.38 bits per heavy atom. The van der Waals surface area contributed by atoms with Gasteiger partial charge in [-0.25, -0.2) is 4.98 Å². The minimum absolute atomic E-state index is 0.207. The Morgan fingerprint density at radius 1 is 1.00 bits per heavy atom. The molecule has 0 radical (unpaired) electrons. The second kappa shape index (κ2) is 7.70. The summed E-state index contributed by atoms with van der Waals surface area (Å²) in [4.78, 5) is 16.7. The molecule has 26 heavy (non-hydrogen) atoms. The van der Waals surface area contributed by atoms with Crippen LogP contribution in [-0.4, -0.2) is 18.0 Å². The molecule has 0 aliphatic heterocycles. The van der Waals surface area contributed by atoms with E-state index in [1.807, 2.05) is 18.2 Å². The summed E-state index contributed by atoms with van der Waals surface area (Å²) in [6.07, 6.45) is 1.63. The van der Waals surface area contributed by atoms with Crippen LogP contribution in [0.25, 0.3) is 0 Å². The molecule has 0 atom stereocenters. The van der Waals surface area contributed by atoms with E-state index < -0.39 is 0 Å². The number of methoxy groups -OCH3 is 1. The van der Waals surface area contributed by atoms with Gasteiger partial charge in [-0.3, -0.25) is 4.79 Å². The molecule has 1 heterocycles. The Hall–Kier alpha value is -3.34. The number of hydrogen-bond donors (Lipinski definition) is 2. The summed E-state index contributed by atoms with van der Waals surface area (Å²) < 4.78 is 5.15. The predicted octanol–water partition coefficient (Wildman–Crippen LogP) is 4.70. The molecule has 0 fully saturated rings. The van der Waals surface area contributed by atoms with Crippen molar-refractivity contribution in [2.45, 2.75) is 13.8 Å². The highest BCUT2D eigenvalue weighted by atomic mass is 16.5. The summed E-state index contributed by atoms with van der Waals surface area (Å²) in [7, 11) is 1.57. The summed E-state index contributed by atoms with van der Waals surface area (Å²) in [5, 5.41) is 6.17. The molecule has 3 rings (SSSR count). The third-order valence-corrected chi connectivity index (χ3v) is 4.09. The number of nitrogens with one attached hydrogen (secondary N) is 2. The standard InChI is InChI=1S/C21H21N3O2/c1-14-6-4-7-15(2)20(14)24-19-11-10-17(13-22-19)23-21(25)16-8-5-9-18(12-16)26-3/h4-13H,1-3H3,(H,22,24)(H,23,25). The molecule has 5 nitrogen and oxygen atoms in total. The van der Waals surface area contributed by atoms with Crippen LogP contribution >= 0.6 is 0 Å². The fraction of sp³-hybridized carbons (Fsp3) is 0.143. The second-order valence-electron chi connectivity index (χ2n) is 6.01. The molecule has 0 saturated carbocycles. The summed E-state index contributed by atoms with van der Waals surface area (Å²) >= 11 is 0. The Morgan fingerprint density at radius 2 is 1.73 bits per heavy atom. The van der Waals surface area contributed by atoms with Gasteiger partial charge in [0.1, 0.15) is 11.6 Å². The summed E-state index contributed by atoms with van der Waals surface area (Å²) in [6.45, 7) is 4.11. The number of amides is 1. The Bertz CT molecular complexity index is 901. The van der Waals surface area contributed by atoms with E-state index in [9.17, 15) is 4.79 Å². The number of ether oxygens (including phenoxy) is 1. The first kappa shape index (κ1) is 17.5. The average molecular weight is 347 g/mol. The number of pyridine rings is 1. The van der Waals surface area contributed by atoms with E-state index in [1.54, 1.807) is 37.6 Å². The molecular formula is C21H21N3O2. The molecule has 0 aliphatic carbocycles. The Kier molecular flexibility index (Phi) is 5.17. The zero-order valence-electron chi connectivity index (χ0n) is 15.0. The van der Waals surface area contributed by atoms with Crippen LogP contribution in [0.15, 0.2) is 60.8 Å². The maximum Gasteiger partial charge on any atom is 0.255 e. The lowest BCUT2D eigenvalue weighted by Crippen LogP contribution is -2.12. The molecule has 5 heteroatoms. The van der Waals surface area contributed by atoms with Gasteiger partial charge in [0.15, 0.2) is 0 Å². The van der Waals surface area contributed by atoms with Gasteiger partial charge in [-0.2, -0.15) is 0 Å². The zero-order chi connectivity index (χ0) is 18.5. The van der Waals surface area contributed by atoms with Crippen molar-refractivity contribution >= 4 is 23.1 Å². The monoisotopic (exact) mass is 347 g/mol. The lowest BCUT2D eigenvalue weighted by atomic mass is 10.1. The fourth-order valence-corrected chi connectivity index (χ4v) is 2.65. The van der Waals surface area contributed by atoms with Gasteiger partial charge in [-0.05, 0) is 55.3 Å². The Balaban J connectivity index is 1.70. The molecule has 0 bridgehead atoms. The van der Waals surface area contributed by atoms with Crippen LogP contribution in [-0.2, 0) is 0 Å². The largest absolute Gasteiger partial charge is 0.497 e. The van der Waals surface area contributed by atoms with Crippen LogP contribution in [0.4, 0.5) is 17.2 Å². The fourth-order valence-electron chi connectivity index (χ4n) is 2.65. The van der Waals surface area contributed by atoms with Gasteiger partial charge in [0.25, 0.3) is 5.91 Å². The van der Waals surface area contributed by atoms with Crippen LogP contribution in [0.3, 0.4) is 0 Å². The van der Waals surface area contributed by atoms with Gasteiger partial charge in [-0.15, -0.1) is 0 Å². The second-order valence-corrected chi connectivity index (χ2v) is 6.01. The van der Waals surface area contributed by atoms with Gasteiger partial charge in [0.2, 0.25) is 0 Å². The molecule has 1 amide bonds. The number of anilines is 3. The van der Waals surface area contributed by atoms with E-state index in [4.69, 9.17) is 4.74 Å². The van der Waals surface area contributed by atoms with Crippen molar-refractivity contribution in [3.05, 3.63) is 77.5 Å². The van der Waals surface area contributed by atoms with Crippen LogP contribution in [0.5, 0.6) is 5.75 Å². The molecule has 2 N–H and O–H groups in total. The molecule has 0 aliphatic rings. The Labute approximate surface area is 153 Å². The molecule has 0 spiro atoms. The normalized spacial score (nSPS) is 10.3. The van der Waals surface area contributed by atoms with Crippen molar-refractivity contribution in [3.8, 4) is 5.75 Å². The first-order valence-corrected chi connectivity index (χ1v) is 8.31. The first-order chi connectivity index (χ1) is 12.6. The van der Waals surface area contributed by atoms with E-state index in [0.29, 0.717) is 17.0 Å². The highest BCUT2D eigenvalue weighted by Crippen LogP contribution is 2.24. The van der Waals surface area contributed by atoms with E-state index in [1.165, 1.54) is 0 Å². The number of aryl methyl sites for hydroxylation is 2. The van der Waals surface area contributed by atoms with Crippen molar-refractivity contribution in [2.75, 3.05) is 17.7 Å². The highest BCUT2D eigenvalue weighted by Gasteiger charge is 2.08. The van der Waals surface area contributed by atoms with Crippen LogP contribution in [0, 0.1) is 13.8 Å². The maximum absolute atomic E-state index is 12.3. The van der Waals surface area contributed by atoms with Gasteiger partial charge >= 0.3 is 0 Å². The molecule has 1 aromatic heterocycles. The number of carbonyl (C=O) groups excluding carboxylic acids is 1. The molecule has 132 valence electrons. The van der Waals surface area contributed by atoms with E-state index in [-0.39, 0.29) is 5.91 Å². The minimum Gasteiger partial charge on any atom is -0.497 e. The lowest BCUT2D eigenvalue weighted by Gasteiger charge is -2.12. The highest BCUT2D eigenvalue weighted by molar-refractivity contribution is 6.04. The van der Waals surface area contributed by atoms with Crippen molar-refractivity contribution in [1.82, 2.24) is 4.98 Å². The number of carbonyl (C=O) groups is 1. The summed E-state index contributed by atoms with van der Waals surface area (Å²) in [6, 6.07) is 16.8. The lowest BCUT2D eigenvalue weighted by molar-refractivity contribution is 0.102. The number of para-hydroxylation sites is 1. The van der Waals surface area contributed by atoms with Crippen LogP contribution in [0.2, 0.25) is 0 Å². The quantitative estimate of drug-likeness (QED) is 0.702. The molecule has 2 aromatic carbocycles. The van der Waals surface area contributed by atoms with Crippen LogP contribution < -0.4 is 15.4 Å². The first-order valence-electron chi connectivity index (χ1n) is 8.31. The van der Waals surface area contributed by atoms with Crippen molar-refractivity contribution in [3.63, 3.8) is 0 Å². The predicted molar refractivity (Wildman–Crippen MR) is 104 cm³/mol. The molecule has 0 unspecified atom stereocenters. The van der Waals surface area contributed by atoms with Crippen LogP contribution in [0.1, 0.15) is 21.5 Å². The van der Waals surface area contributed by atoms with Gasteiger partial charge in [-0.1, -0.05) is 24.3 Å². The third kappa shape index (κ3) is 4.00. The smallest absolute Gasteiger partial charge is 0.255 e. The van der Waals surface area contributed by atoms with Gasteiger partial charge in [0.05, 0.1) is 19.0 Å². The number of rotatable bonds is 5. The van der Waals surface area contributed by atoms with Crippen molar-refractivity contribution in [1.29, 1.82) is 0 Å². The average Bonchev–Trinajstić information content (AvgIpc) is 2.66. The summed E-state index contributed by atoms with van der Waals surface area (Å²) in [5.74, 6) is 1.16. The van der Waals surface area contributed by atoms with E-state index in [0.717, 1.165) is 22.6 Å². The topological polar surface area (TPSA) is 63.2 Å². The number of hydrogen-bond acceptors (Lipinski definition) is 4. The van der Waals surface area contributed by atoms with Gasteiger partial charge < -0.3 is 15.4 Å².